The second-order valence-electron chi connectivity index (χ2n) is 4.80. The van der Waals surface area contributed by atoms with Gasteiger partial charge in [-0.25, -0.2) is 0 Å². The number of benzene rings is 1. The van der Waals surface area contributed by atoms with E-state index < -0.39 is 17.8 Å². The fourth-order valence-electron chi connectivity index (χ4n) is 1.97. The minimum absolute atomic E-state index is 0.0736. The molecule has 0 aliphatic rings. The van der Waals surface area contributed by atoms with E-state index in [2.05, 4.69) is 5.32 Å². The van der Waals surface area contributed by atoms with Crippen LogP contribution in [0.2, 0.25) is 0 Å². The quantitative estimate of drug-likeness (QED) is 0.719. The van der Waals surface area contributed by atoms with E-state index in [0.29, 0.717) is 18.7 Å². The van der Waals surface area contributed by atoms with E-state index in [0.717, 1.165) is 12.1 Å². The Hall–Kier alpha value is -1.86. The molecule has 0 aliphatic heterocycles. The van der Waals surface area contributed by atoms with E-state index in [-0.39, 0.29) is 18.9 Å². The maximum absolute atomic E-state index is 12.7. The summed E-state index contributed by atoms with van der Waals surface area (Å²) < 4.78 is 43.5. The zero-order valence-electron chi connectivity index (χ0n) is 12.9. The summed E-state index contributed by atoms with van der Waals surface area (Å²) in [6.45, 7) is 2.67. The largest absolute Gasteiger partial charge is 0.416 e. The van der Waals surface area contributed by atoms with E-state index in [1.54, 1.807) is 25.1 Å². The Balaban J connectivity index is 2.75. The van der Waals surface area contributed by atoms with Gasteiger partial charge in [0.15, 0.2) is 0 Å². The highest BCUT2D eigenvalue weighted by molar-refractivity contribution is 5.81. The molecule has 3 N–H and O–H groups in total. The van der Waals surface area contributed by atoms with Crippen molar-refractivity contribution in [3.05, 3.63) is 47.5 Å². The fraction of sp³-hybridized carbons (Fsp3) is 0.438. The Morgan fingerprint density at radius 1 is 1.39 bits per heavy atom. The maximum atomic E-state index is 12.7. The zero-order valence-corrected chi connectivity index (χ0v) is 12.9. The predicted molar refractivity (Wildman–Crippen MR) is 81.8 cm³/mol. The number of nitrogens with one attached hydrogen (secondary N) is 1. The summed E-state index contributed by atoms with van der Waals surface area (Å²) in [5, 5.41) is 2.64. The second-order valence-corrected chi connectivity index (χ2v) is 4.80. The van der Waals surface area contributed by atoms with Crippen molar-refractivity contribution in [2.24, 2.45) is 5.73 Å². The summed E-state index contributed by atoms with van der Waals surface area (Å²) in [6, 6.07) is 4.90. The van der Waals surface area contributed by atoms with Gasteiger partial charge in [-0.2, -0.15) is 13.2 Å². The van der Waals surface area contributed by atoms with Crippen LogP contribution in [0.5, 0.6) is 0 Å². The molecule has 1 rings (SSSR count). The lowest BCUT2D eigenvalue weighted by Gasteiger charge is -2.17. The molecule has 7 heteroatoms. The van der Waals surface area contributed by atoms with Gasteiger partial charge in [-0.1, -0.05) is 30.4 Å². The van der Waals surface area contributed by atoms with Crippen molar-refractivity contribution in [2.45, 2.75) is 25.6 Å². The first-order chi connectivity index (χ1) is 10.9. The van der Waals surface area contributed by atoms with Crippen LogP contribution in [0.4, 0.5) is 13.2 Å². The first-order valence-corrected chi connectivity index (χ1v) is 7.29. The average Bonchev–Trinajstić information content (AvgIpc) is 2.50. The van der Waals surface area contributed by atoms with Gasteiger partial charge >= 0.3 is 6.18 Å². The van der Waals surface area contributed by atoms with Crippen molar-refractivity contribution in [1.29, 1.82) is 0 Å². The van der Waals surface area contributed by atoms with Gasteiger partial charge in [0, 0.05) is 26.1 Å². The lowest BCUT2D eigenvalue weighted by Crippen LogP contribution is -2.38. The SMILES string of the molecule is CCOC(Cc1cccc(C(F)(F)F)c1)C(=O)NCC=CCN. The van der Waals surface area contributed by atoms with Crippen molar-refractivity contribution in [2.75, 3.05) is 19.7 Å². The average molecular weight is 330 g/mol. The van der Waals surface area contributed by atoms with Crippen LogP contribution < -0.4 is 11.1 Å². The molecule has 1 unspecified atom stereocenters. The van der Waals surface area contributed by atoms with Gasteiger partial charge in [-0.3, -0.25) is 4.79 Å². The van der Waals surface area contributed by atoms with Crippen molar-refractivity contribution in [1.82, 2.24) is 5.32 Å². The van der Waals surface area contributed by atoms with Crippen LogP contribution >= 0.6 is 0 Å². The van der Waals surface area contributed by atoms with E-state index in [4.69, 9.17) is 10.5 Å². The molecule has 128 valence electrons. The highest BCUT2D eigenvalue weighted by Crippen LogP contribution is 2.29. The summed E-state index contributed by atoms with van der Waals surface area (Å²) in [5.41, 5.74) is 4.94. The van der Waals surface area contributed by atoms with Gasteiger partial charge in [0.05, 0.1) is 5.56 Å². The molecule has 0 heterocycles. The number of nitrogens with two attached hydrogens (primary N) is 1. The van der Waals surface area contributed by atoms with Crippen molar-refractivity contribution in [3.63, 3.8) is 0 Å². The highest BCUT2D eigenvalue weighted by Gasteiger charge is 2.30. The van der Waals surface area contributed by atoms with Crippen molar-refractivity contribution in [3.8, 4) is 0 Å². The number of carbonyl (C=O) groups is 1. The lowest BCUT2D eigenvalue weighted by atomic mass is 10.0. The van der Waals surface area contributed by atoms with Gasteiger partial charge < -0.3 is 15.8 Å². The zero-order chi connectivity index (χ0) is 17.3. The number of alkyl halides is 3. The number of rotatable bonds is 8. The number of hydrogen-bond acceptors (Lipinski definition) is 3. The monoisotopic (exact) mass is 330 g/mol. The fourth-order valence-corrected chi connectivity index (χ4v) is 1.97. The molecule has 0 aliphatic carbocycles. The molecule has 0 fully saturated rings. The van der Waals surface area contributed by atoms with Crippen LogP contribution in [0.1, 0.15) is 18.1 Å². The molecule has 1 aromatic rings. The summed E-state index contributed by atoms with van der Waals surface area (Å²) in [4.78, 5) is 12.1. The second kappa shape index (κ2) is 9.32. The van der Waals surface area contributed by atoms with E-state index in [9.17, 15) is 18.0 Å². The molecule has 1 amide bonds. The molecule has 1 atom stereocenters. The summed E-state index contributed by atoms with van der Waals surface area (Å²) in [7, 11) is 0. The Bertz CT molecular complexity index is 530. The number of ether oxygens (including phenoxy) is 1. The molecule has 0 spiro atoms. The topological polar surface area (TPSA) is 64.3 Å². The van der Waals surface area contributed by atoms with E-state index in [1.807, 2.05) is 0 Å². The standard InChI is InChI=1S/C16H21F3N2O2/c1-2-23-14(15(22)21-9-4-3-8-20)11-12-6-5-7-13(10-12)16(17,18)19/h3-7,10,14H,2,8-9,11,20H2,1H3,(H,21,22). The van der Waals surface area contributed by atoms with Crippen LogP contribution in [0, 0.1) is 0 Å². The Kier molecular flexibility index (Phi) is 7.77. The predicted octanol–water partition coefficient (Wildman–Crippen LogP) is 2.28. The molecule has 0 saturated heterocycles. The van der Waals surface area contributed by atoms with E-state index in [1.165, 1.54) is 6.07 Å². The van der Waals surface area contributed by atoms with Crippen LogP contribution in [-0.4, -0.2) is 31.7 Å². The number of amides is 1. The molecular formula is C16H21F3N2O2. The molecule has 0 aromatic heterocycles. The van der Waals surface area contributed by atoms with Gasteiger partial charge in [0.1, 0.15) is 6.10 Å². The summed E-state index contributed by atoms with van der Waals surface area (Å²) >= 11 is 0. The van der Waals surface area contributed by atoms with Crippen molar-refractivity contribution >= 4 is 5.91 Å². The van der Waals surface area contributed by atoms with Gasteiger partial charge in [0.25, 0.3) is 0 Å². The third-order valence-corrected chi connectivity index (χ3v) is 3.03. The van der Waals surface area contributed by atoms with Gasteiger partial charge in [-0.15, -0.1) is 0 Å². The maximum Gasteiger partial charge on any atom is 0.416 e. The molecule has 0 bridgehead atoms. The Labute approximate surface area is 133 Å². The number of halogens is 3. The third-order valence-electron chi connectivity index (χ3n) is 3.03. The summed E-state index contributed by atoms with van der Waals surface area (Å²) in [6.07, 6.45) is -1.78. The minimum atomic E-state index is -4.41. The first kappa shape index (κ1) is 19.2. The molecule has 1 aromatic carbocycles. The normalized spacial score (nSPS) is 13.3. The van der Waals surface area contributed by atoms with Crippen LogP contribution in [0.15, 0.2) is 36.4 Å². The van der Waals surface area contributed by atoms with Gasteiger partial charge in [0.2, 0.25) is 5.91 Å². The van der Waals surface area contributed by atoms with Gasteiger partial charge in [-0.05, 0) is 18.6 Å². The van der Waals surface area contributed by atoms with E-state index >= 15 is 0 Å². The molecule has 23 heavy (non-hydrogen) atoms. The molecular weight excluding hydrogens is 309 g/mol. The molecule has 4 nitrogen and oxygen atoms in total. The summed E-state index contributed by atoms with van der Waals surface area (Å²) in [5.74, 6) is -0.370. The molecule has 0 saturated carbocycles. The lowest BCUT2D eigenvalue weighted by molar-refractivity contribution is -0.137. The smallest absolute Gasteiger partial charge is 0.368 e. The van der Waals surface area contributed by atoms with Crippen molar-refractivity contribution < 1.29 is 22.7 Å². The minimum Gasteiger partial charge on any atom is -0.368 e. The third kappa shape index (κ3) is 6.83. The van der Waals surface area contributed by atoms with Crippen LogP contribution in [0.25, 0.3) is 0 Å². The number of hydrogen-bond donors (Lipinski definition) is 2. The van der Waals surface area contributed by atoms with Crippen LogP contribution in [0.3, 0.4) is 0 Å². The Morgan fingerprint density at radius 3 is 2.74 bits per heavy atom. The first-order valence-electron chi connectivity index (χ1n) is 7.29. The number of carbonyl (C=O) groups excluding carboxylic acids is 1. The Morgan fingerprint density at radius 2 is 2.13 bits per heavy atom. The molecule has 0 radical (unpaired) electrons. The highest BCUT2D eigenvalue weighted by atomic mass is 19.4. The van der Waals surface area contributed by atoms with Crippen LogP contribution in [-0.2, 0) is 22.1 Å².